The van der Waals surface area contributed by atoms with Crippen molar-refractivity contribution in [1.82, 2.24) is 40.0 Å². The Morgan fingerprint density at radius 3 is 1.34 bits per heavy atom. The molecule has 3 saturated heterocycles. The van der Waals surface area contributed by atoms with Crippen LogP contribution in [0, 0.1) is 11.6 Å². The number of nitrogens with zero attached hydrogens (tertiary/aromatic N) is 10. The predicted octanol–water partition coefficient (Wildman–Crippen LogP) is 10.7. The van der Waals surface area contributed by atoms with E-state index in [1.807, 2.05) is 12.1 Å². The average molecular weight is 1360 g/mol. The van der Waals surface area contributed by atoms with Crippen molar-refractivity contribution in [2.45, 2.75) is 77.7 Å². The van der Waals surface area contributed by atoms with Crippen LogP contribution in [0.15, 0.2) is 116 Å². The Hall–Kier alpha value is -6.96. The van der Waals surface area contributed by atoms with Crippen molar-refractivity contribution in [3.05, 3.63) is 147 Å². The Kier molecular flexibility index (Phi) is 21.2. The van der Waals surface area contributed by atoms with Gasteiger partial charge in [-0.2, -0.15) is 17.6 Å². The standard InChI is InChI=1S/C27H28F3N5O4S.C21H18BrF3N4O4S.C12H22BNO2/c1-33-10-8-19(9-11-33)18-4-6-22(7-5-18)35(27(36)34-12-14-40(37,38)15-13-34)17-21-3-2-20(16-23(21)28)25-31-32-26(39-25)24(29)30;22-15-3-5-16(6-4-15)29(21(30)28-7-9-34(31,32)10-8-28)12-14-2-1-13(11-17(14)23)19-26-27-20(33-19)18(24)25;1-11(2)12(3,4)16-13(15-11)10-6-8-14(5)9-7-10/h2-8,16,24H,9-15,17H2,1H3;1-6,11,18H,7-10,12H2;6H,7-9H2,1-5H3. The Bertz CT molecular complexity index is 3800. The molecule has 90 heavy (non-hydrogen) atoms. The largest absolute Gasteiger partial charge is 0.490 e. The van der Waals surface area contributed by atoms with Crippen molar-refractivity contribution in [2.24, 2.45) is 0 Å². The lowest BCUT2D eigenvalue weighted by atomic mass is 9.75. The van der Waals surface area contributed by atoms with E-state index in [9.17, 15) is 48.4 Å². The highest BCUT2D eigenvalue weighted by Gasteiger charge is 2.52. The van der Waals surface area contributed by atoms with Gasteiger partial charge in [0.2, 0.25) is 11.8 Å². The van der Waals surface area contributed by atoms with Crippen LogP contribution < -0.4 is 9.80 Å². The van der Waals surface area contributed by atoms with E-state index in [0.29, 0.717) is 11.4 Å². The molecule has 11 rings (SSSR count). The van der Waals surface area contributed by atoms with Gasteiger partial charge in [0.15, 0.2) is 19.7 Å². The monoisotopic (exact) mass is 1360 g/mol. The summed E-state index contributed by atoms with van der Waals surface area (Å²) in [6.45, 7) is 12.2. The second-order valence-electron chi connectivity index (χ2n) is 23.3. The number of benzene rings is 4. The molecule has 0 N–H and O–H groups in total. The van der Waals surface area contributed by atoms with Gasteiger partial charge < -0.3 is 37.7 Å². The highest BCUT2D eigenvalue weighted by molar-refractivity contribution is 9.10. The first-order valence-corrected chi connectivity index (χ1v) is 33.3. The highest BCUT2D eigenvalue weighted by atomic mass is 79.9. The number of anilines is 2. The zero-order valence-corrected chi connectivity index (χ0v) is 53.5. The summed E-state index contributed by atoms with van der Waals surface area (Å²) in [7, 11) is -2.35. The minimum atomic E-state index is -3.21. The Morgan fingerprint density at radius 1 is 0.578 bits per heavy atom. The number of carbonyl (C=O) groups excluding carboxylic acids is 2. The first-order valence-electron chi connectivity index (χ1n) is 28.9. The molecule has 0 bridgehead atoms. The fourth-order valence-electron chi connectivity index (χ4n) is 10.0. The van der Waals surface area contributed by atoms with Gasteiger partial charge >= 0.3 is 32.0 Å². The van der Waals surface area contributed by atoms with Gasteiger partial charge in [-0.15, -0.1) is 20.4 Å². The second kappa shape index (κ2) is 28.3. The summed E-state index contributed by atoms with van der Waals surface area (Å²) in [5.41, 5.74) is 4.67. The van der Waals surface area contributed by atoms with Crippen molar-refractivity contribution in [3.8, 4) is 22.9 Å². The number of likely N-dealkylation sites (N-methyl/N-ethyl adjacent to an activating group) is 2. The van der Waals surface area contributed by atoms with Crippen LogP contribution in [0.4, 0.5) is 47.3 Å². The van der Waals surface area contributed by atoms with Gasteiger partial charge in [0.1, 0.15) is 11.6 Å². The lowest BCUT2D eigenvalue weighted by molar-refractivity contribution is 0.00578. The van der Waals surface area contributed by atoms with E-state index in [1.165, 1.54) is 54.9 Å². The Morgan fingerprint density at radius 2 is 0.978 bits per heavy atom. The number of carbonyl (C=O) groups is 2. The molecule has 0 aliphatic carbocycles. The molecule has 0 spiro atoms. The molecule has 0 unspecified atom stereocenters. The third-order valence-corrected chi connectivity index (χ3v) is 20.1. The quantitative estimate of drug-likeness (QED) is 0.0822. The fourth-order valence-corrected chi connectivity index (χ4v) is 12.7. The van der Waals surface area contributed by atoms with Gasteiger partial charge in [0.05, 0.1) is 47.3 Å². The van der Waals surface area contributed by atoms with Crippen molar-refractivity contribution < 1.29 is 70.9 Å². The van der Waals surface area contributed by atoms with Crippen molar-refractivity contribution >= 4 is 71.7 Å². The molecule has 5 aliphatic rings. The molecule has 7 heterocycles. The van der Waals surface area contributed by atoms with Crippen molar-refractivity contribution in [2.75, 3.05) is 99.3 Å². The van der Waals surface area contributed by atoms with E-state index in [0.717, 1.165) is 61.2 Å². The molecule has 5 aliphatic heterocycles. The Labute approximate surface area is 527 Å². The van der Waals surface area contributed by atoms with Crippen LogP contribution in [0.3, 0.4) is 0 Å². The molecular formula is C60H68BBrF6N10O10S2. The molecule has 0 atom stereocenters. The highest BCUT2D eigenvalue weighted by Crippen LogP contribution is 2.40. The number of amides is 4. The Balaban J connectivity index is 0.000000174. The third-order valence-electron chi connectivity index (χ3n) is 16.3. The maximum Gasteiger partial charge on any atom is 0.490 e. The summed E-state index contributed by atoms with van der Waals surface area (Å²) in [4.78, 5) is 37.0. The molecule has 20 nitrogen and oxygen atoms in total. The van der Waals surface area contributed by atoms with Crippen molar-refractivity contribution in [3.63, 3.8) is 0 Å². The van der Waals surface area contributed by atoms with Crippen molar-refractivity contribution in [1.29, 1.82) is 0 Å². The molecule has 6 aromatic rings. The minimum absolute atomic E-state index is 0.0409. The van der Waals surface area contributed by atoms with Gasteiger partial charge in [0.25, 0.3) is 11.8 Å². The topological polar surface area (TPSA) is 218 Å². The summed E-state index contributed by atoms with van der Waals surface area (Å²) in [6.07, 6.45) is 0.466. The summed E-state index contributed by atoms with van der Waals surface area (Å²) in [6, 6.07) is 21.2. The normalized spacial score (nSPS) is 18.9. The van der Waals surface area contributed by atoms with E-state index < -0.39 is 68.0 Å². The van der Waals surface area contributed by atoms with Crippen LogP contribution in [-0.2, 0) is 42.1 Å². The van der Waals surface area contributed by atoms with E-state index in [1.54, 1.807) is 36.4 Å². The zero-order valence-electron chi connectivity index (χ0n) is 50.3. The van der Waals surface area contributed by atoms with Crippen LogP contribution in [0.5, 0.6) is 0 Å². The van der Waals surface area contributed by atoms with Gasteiger partial charge in [-0.1, -0.05) is 52.3 Å². The van der Waals surface area contributed by atoms with Gasteiger partial charge in [-0.25, -0.2) is 35.2 Å². The molecule has 482 valence electrons. The molecule has 2 aromatic heterocycles. The van der Waals surface area contributed by atoms with Crippen LogP contribution in [-0.4, -0.2) is 177 Å². The summed E-state index contributed by atoms with van der Waals surface area (Å²) in [5.74, 6) is -4.18. The molecule has 0 radical (unpaired) electrons. The van der Waals surface area contributed by atoms with Crippen LogP contribution >= 0.6 is 15.9 Å². The van der Waals surface area contributed by atoms with E-state index >= 15 is 4.39 Å². The van der Waals surface area contributed by atoms with E-state index in [4.69, 9.17) is 18.1 Å². The molecule has 4 amide bonds. The molecule has 30 heteroatoms. The lowest BCUT2D eigenvalue weighted by Crippen LogP contribution is -2.49. The molecule has 3 fully saturated rings. The van der Waals surface area contributed by atoms with E-state index in [-0.39, 0.29) is 115 Å². The number of urea groups is 2. The number of hydrogen-bond donors (Lipinski definition) is 0. The summed E-state index contributed by atoms with van der Waals surface area (Å²) < 4.78 is 151. The van der Waals surface area contributed by atoms with Crippen LogP contribution in [0.1, 0.15) is 81.9 Å². The maximum atomic E-state index is 15.2. The predicted molar refractivity (Wildman–Crippen MR) is 330 cm³/mol. The van der Waals surface area contributed by atoms with E-state index in [2.05, 4.69) is 100 Å². The number of hydrogen-bond acceptors (Lipinski definition) is 16. The minimum Gasteiger partial charge on any atom is -0.415 e. The molecule has 0 saturated carbocycles. The van der Waals surface area contributed by atoms with Gasteiger partial charge in [-0.05, 0) is 132 Å². The smallest absolute Gasteiger partial charge is 0.415 e. The van der Waals surface area contributed by atoms with Gasteiger partial charge in [0, 0.05) is 90.5 Å². The summed E-state index contributed by atoms with van der Waals surface area (Å²) in [5, 5.41) is 13.6. The third kappa shape index (κ3) is 16.8. The first-order chi connectivity index (χ1) is 42.5. The maximum absolute atomic E-state index is 15.2. The number of halogens is 7. The van der Waals surface area contributed by atoms with Gasteiger partial charge in [-0.3, -0.25) is 9.80 Å². The second-order valence-corrected chi connectivity index (χ2v) is 28.8. The molecule has 4 aromatic carbocycles. The molecular weight excluding hydrogens is 1290 g/mol. The first kappa shape index (κ1) is 67.4. The van der Waals surface area contributed by atoms with Crippen LogP contribution in [0.2, 0.25) is 0 Å². The number of aromatic nitrogens is 4. The number of sulfone groups is 2. The average Bonchev–Trinajstić information content (AvgIpc) is 4.19. The zero-order chi connectivity index (χ0) is 64.9. The fraction of sp³-hybridized carbons (Fsp3) is 0.433. The van der Waals surface area contributed by atoms with Crippen LogP contribution in [0.25, 0.3) is 28.5 Å². The number of rotatable bonds is 12. The SMILES string of the molecule is CN1CC=C(B2OC(C)(C)C(C)(C)O2)CC1.CN1CC=C(c2ccc(N(Cc3ccc(-c4nnc(C(F)F)o4)cc3F)C(=O)N3CCS(=O)(=O)CC3)cc2)CC1.O=C(N1CCS(=O)(=O)CC1)N(Cc1ccc(-c2nnc(C(F)F)o2)cc1F)c1ccc(Br)cc1. The lowest BCUT2D eigenvalue weighted by Gasteiger charge is -2.33. The summed E-state index contributed by atoms with van der Waals surface area (Å²) >= 11 is 3.33. The number of alkyl halides is 4.